The normalized spacial score (nSPS) is 12.1. The van der Waals surface area contributed by atoms with Crippen molar-refractivity contribution in [3.8, 4) is 0 Å². The maximum absolute atomic E-state index is 12.8. The monoisotopic (exact) mass is 430 g/mol. The first kappa shape index (κ1) is 21.0. The summed E-state index contributed by atoms with van der Waals surface area (Å²) >= 11 is 0. The predicted octanol–water partition coefficient (Wildman–Crippen LogP) is 3.45. The van der Waals surface area contributed by atoms with Gasteiger partial charge in [0.1, 0.15) is 0 Å². The number of rotatable bonds is 8. The van der Waals surface area contributed by atoms with Crippen molar-refractivity contribution in [2.45, 2.75) is 17.2 Å². The van der Waals surface area contributed by atoms with Crippen LogP contribution < -0.4 is 4.72 Å². The summed E-state index contributed by atoms with van der Waals surface area (Å²) in [5, 5.41) is 0. The van der Waals surface area contributed by atoms with Gasteiger partial charge in [-0.2, -0.15) is 4.31 Å². The van der Waals surface area contributed by atoms with Crippen LogP contribution in [0.2, 0.25) is 0 Å². The number of sulfonamides is 2. The third-order valence-corrected chi connectivity index (χ3v) is 7.36. The minimum Gasteiger partial charge on any atom is -0.283 e. The van der Waals surface area contributed by atoms with E-state index >= 15 is 0 Å². The molecule has 0 aliphatic carbocycles. The van der Waals surface area contributed by atoms with Gasteiger partial charge in [0.15, 0.2) is 0 Å². The minimum absolute atomic E-state index is 0.0990. The molecule has 0 aliphatic rings. The summed E-state index contributed by atoms with van der Waals surface area (Å²) in [6.07, 6.45) is 0. The average molecular weight is 431 g/mol. The lowest BCUT2D eigenvalue weighted by molar-refractivity contribution is 0.467. The van der Waals surface area contributed by atoms with Crippen molar-refractivity contribution in [2.75, 3.05) is 11.8 Å². The molecule has 0 radical (unpaired) electrons. The molecule has 3 aromatic carbocycles. The highest BCUT2D eigenvalue weighted by Gasteiger charge is 2.21. The maximum atomic E-state index is 12.8. The zero-order valence-corrected chi connectivity index (χ0v) is 17.5. The molecule has 0 unspecified atom stereocenters. The topological polar surface area (TPSA) is 83.6 Å². The van der Waals surface area contributed by atoms with E-state index in [2.05, 4.69) is 4.72 Å². The van der Waals surface area contributed by atoms with E-state index in [-0.39, 0.29) is 17.2 Å². The maximum Gasteiger partial charge on any atom is 0.243 e. The van der Waals surface area contributed by atoms with E-state index in [0.29, 0.717) is 11.3 Å². The molecule has 0 heterocycles. The van der Waals surface area contributed by atoms with Crippen LogP contribution in [0.15, 0.2) is 89.8 Å². The summed E-state index contributed by atoms with van der Waals surface area (Å²) in [6.45, 7) is 0.245. The van der Waals surface area contributed by atoms with Crippen molar-refractivity contribution in [3.05, 3.63) is 96.1 Å². The zero-order chi connectivity index (χ0) is 20.9. The fourth-order valence-electron chi connectivity index (χ4n) is 2.81. The van der Waals surface area contributed by atoms with Gasteiger partial charge in [0.05, 0.1) is 10.6 Å². The van der Waals surface area contributed by atoms with Crippen molar-refractivity contribution in [1.82, 2.24) is 4.31 Å². The Bertz CT molecular complexity index is 1150. The van der Waals surface area contributed by atoms with Crippen LogP contribution in [-0.4, -0.2) is 28.2 Å². The molecule has 1 N–H and O–H groups in total. The summed E-state index contributed by atoms with van der Waals surface area (Å²) in [5.41, 5.74) is 1.86. The van der Waals surface area contributed by atoms with E-state index in [9.17, 15) is 16.8 Å². The molecule has 0 fully saturated rings. The summed E-state index contributed by atoms with van der Waals surface area (Å²) in [4.78, 5) is 0.0990. The molecule has 29 heavy (non-hydrogen) atoms. The van der Waals surface area contributed by atoms with E-state index in [4.69, 9.17) is 0 Å². The molecule has 152 valence electrons. The molecule has 0 aromatic heterocycles. The number of anilines is 1. The van der Waals surface area contributed by atoms with E-state index in [1.165, 1.54) is 35.6 Å². The van der Waals surface area contributed by atoms with Gasteiger partial charge in [0.25, 0.3) is 0 Å². The van der Waals surface area contributed by atoms with Gasteiger partial charge in [-0.3, -0.25) is 4.72 Å². The molecule has 0 amide bonds. The number of benzene rings is 3. The Balaban J connectivity index is 1.70. The van der Waals surface area contributed by atoms with Crippen molar-refractivity contribution in [3.63, 3.8) is 0 Å². The van der Waals surface area contributed by atoms with Crippen LogP contribution in [0.4, 0.5) is 5.69 Å². The molecule has 8 heteroatoms. The van der Waals surface area contributed by atoms with E-state index in [1.807, 2.05) is 36.4 Å². The van der Waals surface area contributed by atoms with E-state index in [1.54, 1.807) is 24.3 Å². The van der Waals surface area contributed by atoms with Crippen LogP contribution in [0.1, 0.15) is 11.1 Å². The van der Waals surface area contributed by atoms with Gasteiger partial charge >= 0.3 is 0 Å². The molecule has 0 saturated heterocycles. The first-order valence-corrected chi connectivity index (χ1v) is 12.0. The van der Waals surface area contributed by atoms with Crippen LogP contribution >= 0.6 is 0 Å². The Kier molecular flexibility index (Phi) is 6.36. The van der Waals surface area contributed by atoms with Crippen LogP contribution in [0, 0.1) is 0 Å². The molecule has 6 nitrogen and oxygen atoms in total. The molecule has 0 atom stereocenters. The number of nitrogens with one attached hydrogen (secondary N) is 1. The highest BCUT2D eigenvalue weighted by atomic mass is 32.2. The van der Waals surface area contributed by atoms with Crippen molar-refractivity contribution in [1.29, 1.82) is 0 Å². The zero-order valence-electron chi connectivity index (χ0n) is 15.9. The minimum atomic E-state index is -3.69. The smallest absolute Gasteiger partial charge is 0.243 e. The van der Waals surface area contributed by atoms with Crippen LogP contribution in [-0.2, 0) is 32.3 Å². The Morgan fingerprint density at radius 2 is 1.24 bits per heavy atom. The SMILES string of the molecule is CN(Cc1ccccc1)S(=O)(=O)c1ccc(NS(=O)(=O)Cc2ccccc2)cc1. The van der Waals surface area contributed by atoms with Crippen LogP contribution in [0.25, 0.3) is 0 Å². The second kappa shape index (κ2) is 8.77. The van der Waals surface area contributed by atoms with Gasteiger partial charge in [0, 0.05) is 19.3 Å². The molecular formula is C21H22N2O4S2. The quantitative estimate of drug-likeness (QED) is 0.593. The Morgan fingerprint density at radius 1 is 0.724 bits per heavy atom. The van der Waals surface area contributed by atoms with Crippen LogP contribution in [0.5, 0.6) is 0 Å². The third kappa shape index (κ3) is 5.66. The summed E-state index contributed by atoms with van der Waals surface area (Å²) in [6, 6.07) is 23.8. The van der Waals surface area contributed by atoms with Gasteiger partial charge in [0.2, 0.25) is 20.0 Å². The molecule has 0 aliphatic heterocycles. The molecule has 3 rings (SSSR count). The lowest BCUT2D eigenvalue weighted by atomic mass is 10.2. The van der Waals surface area contributed by atoms with Gasteiger partial charge < -0.3 is 0 Å². The Morgan fingerprint density at radius 3 is 1.79 bits per heavy atom. The standard InChI is InChI=1S/C21H22N2O4S2/c1-23(16-18-8-4-2-5-9-18)29(26,27)21-14-12-20(13-15-21)22-28(24,25)17-19-10-6-3-7-11-19/h2-15,22H,16-17H2,1H3. The lowest BCUT2D eigenvalue weighted by Crippen LogP contribution is -2.26. The van der Waals surface area contributed by atoms with Gasteiger partial charge in [-0.1, -0.05) is 60.7 Å². The number of hydrogen-bond acceptors (Lipinski definition) is 4. The van der Waals surface area contributed by atoms with E-state index in [0.717, 1.165) is 5.56 Å². The summed E-state index contributed by atoms with van der Waals surface area (Å²) in [5.74, 6) is -0.159. The first-order valence-electron chi connectivity index (χ1n) is 8.91. The lowest BCUT2D eigenvalue weighted by Gasteiger charge is -2.17. The fraction of sp³-hybridized carbons (Fsp3) is 0.143. The second-order valence-corrected chi connectivity index (χ2v) is 10.4. The van der Waals surface area contributed by atoms with Crippen molar-refractivity contribution >= 4 is 25.7 Å². The van der Waals surface area contributed by atoms with Gasteiger partial charge in [-0.25, -0.2) is 16.8 Å². The van der Waals surface area contributed by atoms with Crippen LogP contribution in [0.3, 0.4) is 0 Å². The first-order chi connectivity index (χ1) is 13.8. The van der Waals surface area contributed by atoms with Gasteiger partial charge in [-0.15, -0.1) is 0 Å². The van der Waals surface area contributed by atoms with E-state index < -0.39 is 20.0 Å². The molecule has 0 bridgehead atoms. The molecule has 0 spiro atoms. The third-order valence-electron chi connectivity index (χ3n) is 4.28. The molecule has 3 aromatic rings. The molecule has 0 saturated carbocycles. The number of hydrogen-bond donors (Lipinski definition) is 1. The average Bonchev–Trinajstić information content (AvgIpc) is 2.69. The highest BCUT2D eigenvalue weighted by molar-refractivity contribution is 7.92. The second-order valence-electron chi connectivity index (χ2n) is 6.62. The largest absolute Gasteiger partial charge is 0.283 e. The Labute approximate surface area is 171 Å². The predicted molar refractivity (Wildman–Crippen MR) is 114 cm³/mol. The van der Waals surface area contributed by atoms with Crippen molar-refractivity contribution < 1.29 is 16.8 Å². The number of nitrogens with zero attached hydrogens (tertiary/aromatic N) is 1. The van der Waals surface area contributed by atoms with Gasteiger partial charge in [-0.05, 0) is 35.4 Å². The van der Waals surface area contributed by atoms with Crippen molar-refractivity contribution in [2.24, 2.45) is 0 Å². The summed E-state index contributed by atoms with van der Waals surface area (Å²) in [7, 11) is -5.78. The summed E-state index contributed by atoms with van der Waals surface area (Å²) < 4.78 is 53.9. The highest BCUT2D eigenvalue weighted by Crippen LogP contribution is 2.20. The Hall–Kier alpha value is -2.68. The fourth-order valence-corrected chi connectivity index (χ4v) is 5.17. The molecular weight excluding hydrogens is 408 g/mol.